The van der Waals surface area contributed by atoms with Crippen molar-refractivity contribution < 1.29 is 0 Å². The number of hydrogen-bond acceptors (Lipinski definition) is 3. The molecule has 1 atom stereocenters. The Hall–Kier alpha value is -1.49. The smallest absolute Gasteiger partial charge is 0.293 e. The predicted molar refractivity (Wildman–Crippen MR) is 71.9 cm³/mol. The largest absolute Gasteiger partial charge is 0.328 e. The Morgan fingerprint density at radius 2 is 2.06 bits per heavy atom. The van der Waals surface area contributed by atoms with E-state index in [1.165, 1.54) is 0 Å². The monoisotopic (exact) mass is 250 g/mol. The van der Waals surface area contributed by atoms with Gasteiger partial charge in [0, 0.05) is 11.8 Å². The minimum atomic E-state index is -0.359. The number of aromatic amines is 1. The first kappa shape index (κ1) is 12.0. The number of nitrogens with zero attached hydrogens (tertiary/aromatic N) is 1. The molecule has 0 aliphatic heterocycles. The number of thiol groups is 1. The van der Waals surface area contributed by atoms with E-state index in [0.29, 0.717) is 17.4 Å². The molecule has 2 aromatic rings. The highest BCUT2D eigenvalue weighted by atomic mass is 32.1. The highest BCUT2D eigenvalue weighted by Gasteiger charge is 2.06. The molecular formula is C12H14N2O2S. The number of rotatable bonds is 3. The van der Waals surface area contributed by atoms with E-state index in [-0.39, 0.29) is 16.5 Å². The van der Waals surface area contributed by atoms with Crippen molar-refractivity contribution in [1.29, 1.82) is 0 Å². The third-order valence-corrected chi connectivity index (χ3v) is 2.93. The van der Waals surface area contributed by atoms with Crippen molar-refractivity contribution in [2.75, 3.05) is 0 Å². The third-order valence-electron chi connectivity index (χ3n) is 2.68. The van der Waals surface area contributed by atoms with Gasteiger partial charge in [-0.25, -0.2) is 4.79 Å². The van der Waals surface area contributed by atoms with Crippen LogP contribution in [0.4, 0.5) is 0 Å². The summed E-state index contributed by atoms with van der Waals surface area (Å²) in [6, 6.07) is 7.11. The lowest BCUT2D eigenvalue weighted by atomic mass is 10.2. The van der Waals surface area contributed by atoms with Gasteiger partial charge in [0.2, 0.25) is 0 Å². The average molecular weight is 250 g/mol. The van der Waals surface area contributed by atoms with E-state index in [9.17, 15) is 9.59 Å². The lowest BCUT2D eigenvalue weighted by Crippen LogP contribution is -2.30. The summed E-state index contributed by atoms with van der Waals surface area (Å²) in [5, 5.41) is 0.756. The second-order valence-corrected chi connectivity index (χ2v) is 4.95. The summed E-state index contributed by atoms with van der Waals surface area (Å²) < 4.78 is 1.59. The van der Waals surface area contributed by atoms with Gasteiger partial charge in [-0.2, -0.15) is 12.6 Å². The Kier molecular flexibility index (Phi) is 3.38. The third kappa shape index (κ3) is 2.44. The van der Waals surface area contributed by atoms with Gasteiger partial charge in [0.25, 0.3) is 5.56 Å². The Morgan fingerprint density at radius 1 is 1.35 bits per heavy atom. The summed E-state index contributed by atoms with van der Waals surface area (Å²) in [6.45, 7) is 2.53. The lowest BCUT2D eigenvalue weighted by molar-refractivity contribution is 0.626. The Bertz CT molecular complexity index is 643. The zero-order valence-electron chi connectivity index (χ0n) is 9.51. The molecule has 0 amide bonds. The number of fused-ring (bicyclic) bond motifs is 1. The fourth-order valence-electron chi connectivity index (χ4n) is 1.78. The quantitative estimate of drug-likeness (QED) is 0.809. The fraction of sp³-hybridized carbons (Fsp3) is 0.333. The maximum Gasteiger partial charge on any atom is 0.328 e. The Balaban J connectivity index is 2.61. The van der Waals surface area contributed by atoms with Gasteiger partial charge in [-0.05, 0) is 18.6 Å². The van der Waals surface area contributed by atoms with E-state index in [4.69, 9.17) is 0 Å². The summed E-state index contributed by atoms with van der Waals surface area (Å²) in [5.41, 5.74) is -0.0151. The summed E-state index contributed by atoms with van der Waals surface area (Å²) in [6.07, 6.45) is 0.777. The number of aromatic nitrogens is 2. The van der Waals surface area contributed by atoms with Gasteiger partial charge in [-0.1, -0.05) is 19.1 Å². The van der Waals surface area contributed by atoms with Crippen LogP contribution in [0.2, 0.25) is 0 Å². The summed E-state index contributed by atoms with van der Waals surface area (Å²) in [4.78, 5) is 25.7. The zero-order chi connectivity index (χ0) is 12.4. The van der Waals surface area contributed by atoms with Crippen LogP contribution in [0.3, 0.4) is 0 Å². The van der Waals surface area contributed by atoms with Crippen LogP contribution in [0, 0.1) is 0 Å². The molecule has 1 aromatic carbocycles. The molecule has 5 heteroatoms. The van der Waals surface area contributed by atoms with Gasteiger partial charge in [0.05, 0.1) is 10.9 Å². The number of para-hydroxylation sites is 1. The zero-order valence-corrected chi connectivity index (χ0v) is 10.4. The van der Waals surface area contributed by atoms with E-state index in [0.717, 1.165) is 6.42 Å². The predicted octanol–water partition coefficient (Wildman–Crippen LogP) is 1.40. The van der Waals surface area contributed by atoms with Crippen molar-refractivity contribution >= 4 is 23.5 Å². The standard InChI is InChI=1S/C12H14N2O2S/c1-8(17)6-7-14-10-5-3-2-4-9(10)11(15)13-12(14)16/h2-5,8,17H,6-7H2,1H3,(H,13,15,16)/t8-/m1/s1. The second kappa shape index (κ2) is 4.79. The number of H-pyrrole nitrogens is 1. The SMILES string of the molecule is C[C@@H](S)CCn1c(=O)[nH]c(=O)c2ccccc21. The molecule has 0 fully saturated rings. The Morgan fingerprint density at radius 3 is 2.76 bits per heavy atom. The maximum absolute atomic E-state index is 11.7. The van der Waals surface area contributed by atoms with Crippen LogP contribution in [0.15, 0.2) is 33.9 Å². The number of aryl methyl sites for hydroxylation is 1. The minimum absolute atomic E-state index is 0.215. The van der Waals surface area contributed by atoms with Crippen molar-refractivity contribution in [3.8, 4) is 0 Å². The molecule has 4 nitrogen and oxygen atoms in total. The van der Waals surface area contributed by atoms with Gasteiger partial charge in [-0.15, -0.1) is 0 Å². The molecule has 2 rings (SSSR count). The van der Waals surface area contributed by atoms with Crippen LogP contribution in [-0.2, 0) is 6.54 Å². The molecule has 0 saturated heterocycles. The molecule has 0 saturated carbocycles. The van der Waals surface area contributed by atoms with Crippen LogP contribution in [-0.4, -0.2) is 14.8 Å². The molecule has 0 bridgehead atoms. The van der Waals surface area contributed by atoms with Crippen LogP contribution in [0.25, 0.3) is 10.9 Å². The first-order valence-electron chi connectivity index (χ1n) is 5.49. The molecule has 0 unspecified atom stereocenters. The lowest BCUT2D eigenvalue weighted by Gasteiger charge is -2.10. The highest BCUT2D eigenvalue weighted by Crippen LogP contribution is 2.08. The van der Waals surface area contributed by atoms with Gasteiger partial charge in [0.15, 0.2) is 0 Å². The van der Waals surface area contributed by atoms with Gasteiger partial charge in [-0.3, -0.25) is 14.3 Å². The van der Waals surface area contributed by atoms with Crippen molar-refractivity contribution in [1.82, 2.24) is 9.55 Å². The summed E-state index contributed by atoms with van der Waals surface area (Å²) >= 11 is 4.29. The number of benzene rings is 1. The molecule has 90 valence electrons. The van der Waals surface area contributed by atoms with Crippen molar-refractivity contribution in [3.05, 3.63) is 45.1 Å². The van der Waals surface area contributed by atoms with Crippen LogP contribution in [0.5, 0.6) is 0 Å². The molecule has 0 aliphatic carbocycles. The maximum atomic E-state index is 11.7. The fourth-order valence-corrected chi connectivity index (χ4v) is 1.90. The molecular weight excluding hydrogens is 236 g/mol. The molecule has 1 heterocycles. The number of hydrogen-bond donors (Lipinski definition) is 2. The van der Waals surface area contributed by atoms with E-state index in [1.807, 2.05) is 13.0 Å². The second-order valence-electron chi connectivity index (χ2n) is 4.07. The van der Waals surface area contributed by atoms with Crippen LogP contribution < -0.4 is 11.2 Å². The number of nitrogens with one attached hydrogen (secondary N) is 1. The Labute approximate surface area is 104 Å². The van der Waals surface area contributed by atoms with Crippen LogP contribution in [0.1, 0.15) is 13.3 Å². The van der Waals surface area contributed by atoms with Crippen molar-refractivity contribution in [2.45, 2.75) is 25.1 Å². The molecule has 1 aromatic heterocycles. The topological polar surface area (TPSA) is 54.9 Å². The van der Waals surface area contributed by atoms with E-state index >= 15 is 0 Å². The van der Waals surface area contributed by atoms with Crippen LogP contribution >= 0.6 is 12.6 Å². The van der Waals surface area contributed by atoms with Crippen molar-refractivity contribution in [2.24, 2.45) is 0 Å². The van der Waals surface area contributed by atoms with E-state index < -0.39 is 0 Å². The first-order chi connectivity index (χ1) is 8.09. The molecule has 1 N–H and O–H groups in total. The van der Waals surface area contributed by atoms with Gasteiger partial charge >= 0.3 is 5.69 Å². The highest BCUT2D eigenvalue weighted by molar-refractivity contribution is 7.80. The molecule has 0 aliphatic rings. The summed E-state index contributed by atoms with van der Waals surface area (Å²) in [5.74, 6) is 0. The first-order valence-corrected chi connectivity index (χ1v) is 6.01. The van der Waals surface area contributed by atoms with Gasteiger partial charge < -0.3 is 0 Å². The van der Waals surface area contributed by atoms with Gasteiger partial charge in [0.1, 0.15) is 0 Å². The minimum Gasteiger partial charge on any atom is -0.293 e. The van der Waals surface area contributed by atoms with E-state index in [2.05, 4.69) is 17.6 Å². The molecule has 0 radical (unpaired) electrons. The molecule has 17 heavy (non-hydrogen) atoms. The molecule has 0 spiro atoms. The van der Waals surface area contributed by atoms with E-state index in [1.54, 1.807) is 22.8 Å². The van der Waals surface area contributed by atoms with Crippen molar-refractivity contribution in [3.63, 3.8) is 0 Å². The normalized spacial score (nSPS) is 12.8. The summed E-state index contributed by atoms with van der Waals surface area (Å²) in [7, 11) is 0. The average Bonchev–Trinajstić information content (AvgIpc) is 2.28.